The van der Waals surface area contributed by atoms with Crippen LogP contribution < -0.4 is 0 Å². The number of hydrogen-bond acceptors (Lipinski definition) is 2. The number of rotatable bonds is 3. The van der Waals surface area contributed by atoms with Gasteiger partial charge in [-0.25, -0.2) is 0 Å². The largest absolute Gasteiger partial charge is 0.317 e. The molecule has 0 radical (unpaired) electrons. The molecular formula is C18H15BrN2OS. The Labute approximate surface area is 149 Å². The molecule has 1 fully saturated rings. The first kappa shape index (κ1) is 15.9. The average Bonchev–Trinajstić information content (AvgIpc) is 2.74. The number of likely N-dealkylation sites (N-methyl/N-ethyl adjacent to an activating group) is 1. The molecule has 2 aromatic carbocycles. The van der Waals surface area contributed by atoms with Crippen LogP contribution in [0.2, 0.25) is 0 Å². The monoisotopic (exact) mass is 386 g/mol. The lowest BCUT2D eigenvalue weighted by atomic mass is 10.2. The van der Waals surface area contributed by atoms with E-state index in [2.05, 4.69) is 15.9 Å². The van der Waals surface area contributed by atoms with Gasteiger partial charge in [-0.2, -0.15) is 0 Å². The van der Waals surface area contributed by atoms with Gasteiger partial charge in [0.2, 0.25) is 0 Å². The summed E-state index contributed by atoms with van der Waals surface area (Å²) in [4.78, 5) is 16.1. The summed E-state index contributed by atoms with van der Waals surface area (Å²) in [5, 5.41) is 0.528. The van der Waals surface area contributed by atoms with Crippen molar-refractivity contribution in [2.45, 2.75) is 6.54 Å². The number of amides is 1. The van der Waals surface area contributed by atoms with Crippen LogP contribution in [0, 0.1) is 0 Å². The minimum Gasteiger partial charge on any atom is -0.317 e. The van der Waals surface area contributed by atoms with Crippen molar-refractivity contribution in [3.8, 4) is 0 Å². The first-order valence-corrected chi connectivity index (χ1v) is 8.37. The molecule has 0 saturated carbocycles. The van der Waals surface area contributed by atoms with Gasteiger partial charge in [0.15, 0.2) is 5.11 Å². The van der Waals surface area contributed by atoms with E-state index in [0.29, 0.717) is 17.4 Å². The van der Waals surface area contributed by atoms with Crippen molar-refractivity contribution < 1.29 is 4.79 Å². The maximum Gasteiger partial charge on any atom is 0.277 e. The number of carbonyl (C=O) groups excluding carboxylic acids is 1. The van der Waals surface area contributed by atoms with Crippen LogP contribution in [-0.4, -0.2) is 27.9 Å². The van der Waals surface area contributed by atoms with Crippen molar-refractivity contribution in [3.63, 3.8) is 0 Å². The van der Waals surface area contributed by atoms with Gasteiger partial charge < -0.3 is 4.90 Å². The molecule has 0 aromatic heterocycles. The third kappa shape index (κ3) is 3.35. The van der Waals surface area contributed by atoms with Crippen LogP contribution in [-0.2, 0) is 11.3 Å². The molecule has 0 spiro atoms. The predicted molar refractivity (Wildman–Crippen MR) is 99.5 cm³/mol. The second-order valence-corrected chi connectivity index (χ2v) is 6.58. The number of halogens is 1. The lowest BCUT2D eigenvalue weighted by Crippen LogP contribution is -2.30. The van der Waals surface area contributed by atoms with Crippen molar-refractivity contribution in [1.29, 1.82) is 0 Å². The number of thiocarbonyl (C=S) groups is 1. The van der Waals surface area contributed by atoms with Gasteiger partial charge in [-0.3, -0.25) is 9.69 Å². The van der Waals surface area contributed by atoms with E-state index in [1.54, 1.807) is 9.80 Å². The molecule has 0 bridgehead atoms. The Bertz CT molecular complexity index is 789. The molecule has 0 unspecified atom stereocenters. The number of benzene rings is 2. The summed E-state index contributed by atoms with van der Waals surface area (Å²) in [7, 11) is 1.83. The van der Waals surface area contributed by atoms with Gasteiger partial charge in [0.25, 0.3) is 5.91 Å². The Balaban J connectivity index is 1.89. The Morgan fingerprint density at radius 3 is 2.57 bits per heavy atom. The molecule has 116 valence electrons. The maximum absolute atomic E-state index is 12.7. The number of carbonyl (C=O) groups is 1. The highest BCUT2D eigenvalue weighted by Crippen LogP contribution is 2.24. The second-order valence-electron chi connectivity index (χ2n) is 5.30. The summed E-state index contributed by atoms with van der Waals surface area (Å²) >= 11 is 8.89. The van der Waals surface area contributed by atoms with Gasteiger partial charge in [-0.1, -0.05) is 58.4 Å². The molecule has 3 rings (SSSR count). The van der Waals surface area contributed by atoms with E-state index in [-0.39, 0.29) is 5.91 Å². The van der Waals surface area contributed by atoms with E-state index in [9.17, 15) is 4.79 Å². The number of hydrogen-bond donors (Lipinski definition) is 0. The number of nitrogens with zero attached hydrogens (tertiary/aromatic N) is 2. The molecular weight excluding hydrogens is 372 g/mol. The van der Waals surface area contributed by atoms with E-state index in [0.717, 1.165) is 15.6 Å². The zero-order valence-corrected chi connectivity index (χ0v) is 15.0. The van der Waals surface area contributed by atoms with Gasteiger partial charge in [0.05, 0.1) is 6.54 Å². The fourth-order valence-electron chi connectivity index (χ4n) is 2.47. The standard InChI is InChI=1S/C18H15BrN2OS/c1-20-16(11-14-8-5-9-15(19)10-14)17(22)21(18(20)23)12-13-6-3-2-4-7-13/h2-11H,12H2,1H3. The molecule has 23 heavy (non-hydrogen) atoms. The van der Waals surface area contributed by atoms with Crippen molar-refractivity contribution in [1.82, 2.24) is 9.80 Å². The molecule has 2 aromatic rings. The van der Waals surface area contributed by atoms with Crippen LogP contribution in [0.5, 0.6) is 0 Å². The van der Waals surface area contributed by atoms with Crippen LogP contribution in [0.15, 0.2) is 64.8 Å². The normalized spacial score (nSPS) is 16.5. The predicted octanol–water partition coefficient (Wildman–Crippen LogP) is 4.05. The van der Waals surface area contributed by atoms with Gasteiger partial charge in [0.1, 0.15) is 5.70 Å². The zero-order chi connectivity index (χ0) is 16.4. The van der Waals surface area contributed by atoms with E-state index in [4.69, 9.17) is 12.2 Å². The van der Waals surface area contributed by atoms with Crippen molar-refractivity contribution >= 4 is 45.2 Å². The van der Waals surface area contributed by atoms with Crippen molar-refractivity contribution in [3.05, 3.63) is 75.9 Å². The topological polar surface area (TPSA) is 23.6 Å². The smallest absolute Gasteiger partial charge is 0.277 e. The molecule has 1 saturated heterocycles. The maximum atomic E-state index is 12.7. The molecule has 1 amide bonds. The first-order valence-electron chi connectivity index (χ1n) is 7.17. The molecule has 0 N–H and O–H groups in total. The minimum atomic E-state index is -0.0682. The van der Waals surface area contributed by atoms with Crippen molar-refractivity contribution in [2.75, 3.05) is 7.05 Å². The molecule has 1 aliphatic rings. The quantitative estimate of drug-likeness (QED) is 0.587. The lowest BCUT2D eigenvalue weighted by molar-refractivity contribution is -0.122. The van der Waals surface area contributed by atoms with Gasteiger partial charge in [-0.15, -0.1) is 0 Å². The summed E-state index contributed by atoms with van der Waals surface area (Å²) in [5.74, 6) is -0.0682. The highest BCUT2D eigenvalue weighted by molar-refractivity contribution is 9.10. The molecule has 3 nitrogen and oxygen atoms in total. The fourth-order valence-corrected chi connectivity index (χ4v) is 3.13. The third-order valence-electron chi connectivity index (χ3n) is 3.68. The van der Waals surface area contributed by atoms with Crippen molar-refractivity contribution in [2.24, 2.45) is 0 Å². The molecule has 0 aliphatic carbocycles. The average molecular weight is 387 g/mol. The fraction of sp³-hybridized carbons (Fsp3) is 0.111. The van der Waals surface area contributed by atoms with Crippen LogP contribution in [0.4, 0.5) is 0 Å². The van der Waals surface area contributed by atoms with Gasteiger partial charge in [-0.05, 0) is 41.6 Å². The van der Waals surface area contributed by atoms with Crippen LogP contribution in [0.3, 0.4) is 0 Å². The highest BCUT2D eigenvalue weighted by Gasteiger charge is 2.35. The second kappa shape index (κ2) is 6.64. The Hall–Kier alpha value is -1.98. The molecule has 1 heterocycles. The third-order valence-corrected chi connectivity index (χ3v) is 4.67. The zero-order valence-electron chi connectivity index (χ0n) is 12.6. The van der Waals surface area contributed by atoms with E-state index < -0.39 is 0 Å². The van der Waals surface area contributed by atoms with Gasteiger partial charge in [0, 0.05) is 11.5 Å². The molecule has 0 atom stereocenters. The SMILES string of the molecule is CN1C(=S)N(Cc2ccccc2)C(=O)C1=Cc1cccc(Br)c1. The Morgan fingerprint density at radius 1 is 1.13 bits per heavy atom. The summed E-state index contributed by atoms with van der Waals surface area (Å²) < 4.78 is 0.976. The summed E-state index contributed by atoms with van der Waals surface area (Å²) in [5.41, 5.74) is 2.60. The van der Waals surface area contributed by atoms with Crippen LogP contribution >= 0.6 is 28.1 Å². The van der Waals surface area contributed by atoms with Gasteiger partial charge >= 0.3 is 0 Å². The molecule has 5 heteroatoms. The minimum absolute atomic E-state index is 0.0682. The Kier molecular flexibility index (Phi) is 4.59. The van der Waals surface area contributed by atoms with E-state index in [1.165, 1.54) is 0 Å². The summed E-state index contributed by atoms with van der Waals surface area (Å²) in [6.45, 7) is 0.485. The van der Waals surface area contributed by atoms with E-state index >= 15 is 0 Å². The molecule has 1 aliphatic heterocycles. The summed E-state index contributed by atoms with van der Waals surface area (Å²) in [6.07, 6.45) is 1.87. The van der Waals surface area contributed by atoms with E-state index in [1.807, 2.05) is 67.7 Å². The summed E-state index contributed by atoms with van der Waals surface area (Å²) in [6, 6.07) is 17.7. The lowest BCUT2D eigenvalue weighted by Gasteiger charge is -2.16. The highest BCUT2D eigenvalue weighted by atomic mass is 79.9. The van der Waals surface area contributed by atoms with Crippen LogP contribution in [0.25, 0.3) is 6.08 Å². The Morgan fingerprint density at radius 2 is 1.87 bits per heavy atom. The first-order chi connectivity index (χ1) is 11.1. The van der Waals surface area contributed by atoms with Crippen LogP contribution in [0.1, 0.15) is 11.1 Å².